The van der Waals surface area contributed by atoms with Crippen LogP contribution < -0.4 is 5.73 Å². The zero-order chi connectivity index (χ0) is 13.0. The lowest BCUT2D eigenvalue weighted by Gasteiger charge is -2.08. The molecule has 0 aromatic carbocycles. The van der Waals surface area contributed by atoms with Gasteiger partial charge in [0.25, 0.3) is 0 Å². The second-order valence-corrected chi connectivity index (χ2v) is 3.94. The van der Waals surface area contributed by atoms with Gasteiger partial charge < -0.3 is 15.6 Å². The van der Waals surface area contributed by atoms with Crippen LogP contribution in [0.25, 0.3) is 0 Å². The van der Waals surface area contributed by atoms with Gasteiger partial charge >= 0.3 is 5.97 Å². The number of carbonyl (C=O) groups is 1. The quantitative estimate of drug-likeness (QED) is 0.741. The molecule has 1 atom stereocenters. The molecule has 0 aliphatic carbocycles. The minimum atomic E-state index is -0.495. The van der Waals surface area contributed by atoms with Crippen LogP contribution >= 0.6 is 0 Å². The van der Waals surface area contributed by atoms with E-state index in [2.05, 4.69) is 5.10 Å². The zero-order valence-electron chi connectivity index (χ0n) is 10.4. The highest BCUT2D eigenvalue weighted by Gasteiger charge is 2.20. The number of nitrogen functional groups attached to an aromatic ring is 1. The van der Waals surface area contributed by atoms with Crippen molar-refractivity contribution in [3.8, 4) is 0 Å². The molecule has 96 valence electrons. The van der Waals surface area contributed by atoms with E-state index in [4.69, 9.17) is 15.6 Å². The van der Waals surface area contributed by atoms with Crippen molar-refractivity contribution in [2.24, 2.45) is 0 Å². The molecule has 6 nitrogen and oxygen atoms in total. The van der Waals surface area contributed by atoms with E-state index in [0.717, 1.165) is 0 Å². The number of rotatable bonds is 5. The monoisotopic (exact) mass is 241 g/mol. The van der Waals surface area contributed by atoms with Crippen LogP contribution in [0.1, 0.15) is 36.5 Å². The Morgan fingerprint density at radius 1 is 1.65 bits per heavy atom. The van der Waals surface area contributed by atoms with Gasteiger partial charge in [0.2, 0.25) is 0 Å². The van der Waals surface area contributed by atoms with E-state index < -0.39 is 12.1 Å². The highest BCUT2D eigenvalue weighted by molar-refractivity contribution is 5.93. The number of nitrogens with two attached hydrogens (primary N) is 1. The van der Waals surface area contributed by atoms with Crippen LogP contribution in [0.2, 0.25) is 0 Å². The van der Waals surface area contributed by atoms with Crippen LogP contribution in [-0.4, -0.2) is 33.6 Å². The van der Waals surface area contributed by atoms with Crippen LogP contribution in [-0.2, 0) is 11.3 Å². The Balaban J connectivity index is 2.74. The third-order valence-corrected chi connectivity index (χ3v) is 2.44. The Morgan fingerprint density at radius 2 is 2.29 bits per heavy atom. The average Bonchev–Trinajstić information content (AvgIpc) is 2.54. The Kier molecular flexibility index (Phi) is 4.51. The Bertz CT molecular complexity index is 399. The van der Waals surface area contributed by atoms with Crippen molar-refractivity contribution in [3.63, 3.8) is 0 Å². The van der Waals surface area contributed by atoms with E-state index in [9.17, 15) is 4.79 Å². The van der Waals surface area contributed by atoms with Crippen LogP contribution in [0.15, 0.2) is 0 Å². The fourth-order valence-corrected chi connectivity index (χ4v) is 1.43. The Morgan fingerprint density at radius 3 is 2.82 bits per heavy atom. The van der Waals surface area contributed by atoms with Gasteiger partial charge in [0.15, 0.2) is 5.69 Å². The Labute approximate surface area is 100 Å². The average molecular weight is 241 g/mol. The Hall–Kier alpha value is -1.56. The summed E-state index contributed by atoms with van der Waals surface area (Å²) in [6.07, 6.45) is -0.0804. The van der Waals surface area contributed by atoms with E-state index in [1.807, 2.05) is 6.92 Å². The molecule has 0 fully saturated rings. The number of ether oxygens (including phenoxy) is 1. The van der Waals surface area contributed by atoms with E-state index in [0.29, 0.717) is 24.3 Å². The molecule has 0 aliphatic rings. The molecular weight excluding hydrogens is 222 g/mol. The molecule has 0 radical (unpaired) electrons. The van der Waals surface area contributed by atoms with Crippen molar-refractivity contribution in [2.45, 2.75) is 39.8 Å². The van der Waals surface area contributed by atoms with Gasteiger partial charge in [0, 0.05) is 13.0 Å². The third kappa shape index (κ3) is 3.20. The smallest absolute Gasteiger partial charge is 0.358 e. The number of anilines is 1. The molecule has 0 saturated heterocycles. The van der Waals surface area contributed by atoms with Crippen molar-refractivity contribution in [1.82, 2.24) is 9.78 Å². The summed E-state index contributed by atoms with van der Waals surface area (Å²) in [6.45, 7) is 5.98. The molecule has 17 heavy (non-hydrogen) atoms. The topological polar surface area (TPSA) is 90.4 Å². The van der Waals surface area contributed by atoms with Crippen LogP contribution in [0.5, 0.6) is 0 Å². The van der Waals surface area contributed by atoms with Crippen molar-refractivity contribution in [3.05, 3.63) is 11.4 Å². The number of nitrogens with zero attached hydrogens (tertiary/aromatic N) is 2. The molecule has 1 aromatic heterocycles. The summed E-state index contributed by atoms with van der Waals surface area (Å²) in [5.74, 6) is -0.495. The number of aliphatic hydroxyl groups excluding tert-OH is 1. The highest BCUT2D eigenvalue weighted by Crippen LogP contribution is 2.17. The fraction of sp³-hybridized carbons (Fsp3) is 0.636. The summed E-state index contributed by atoms with van der Waals surface area (Å²) in [5, 5.41) is 13.2. The summed E-state index contributed by atoms with van der Waals surface area (Å²) in [5.41, 5.74) is 7.04. The summed E-state index contributed by atoms with van der Waals surface area (Å²) in [7, 11) is 0. The van der Waals surface area contributed by atoms with Gasteiger partial charge in [-0.3, -0.25) is 4.68 Å². The lowest BCUT2D eigenvalue weighted by Crippen LogP contribution is -2.16. The molecule has 0 bridgehead atoms. The molecular formula is C11H19N3O3. The van der Waals surface area contributed by atoms with E-state index in [1.165, 1.54) is 4.68 Å². The predicted octanol–water partition coefficient (Wildman–Crippen LogP) is 0.721. The van der Waals surface area contributed by atoms with E-state index >= 15 is 0 Å². The first-order valence-corrected chi connectivity index (χ1v) is 5.65. The van der Waals surface area contributed by atoms with Crippen molar-refractivity contribution in [2.75, 3.05) is 12.3 Å². The molecule has 1 aromatic rings. The number of hydrogen-bond acceptors (Lipinski definition) is 5. The largest absolute Gasteiger partial charge is 0.461 e. The molecule has 3 N–H and O–H groups in total. The first-order chi connectivity index (χ1) is 7.97. The predicted molar refractivity (Wildman–Crippen MR) is 63.6 cm³/mol. The second kappa shape index (κ2) is 5.67. The maximum atomic E-state index is 11.8. The molecule has 6 heteroatoms. The first kappa shape index (κ1) is 13.5. The molecule has 0 aliphatic heterocycles. The van der Waals surface area contributed by atoms with Gasteiger partial charge in [-0.15, -0.1) is 0 Å². The summed E-state index contributed by atoms with van der Waals surface area (Å²) in [6, 6.07) is 0. The van der Waals surface area contributed by atoms with Gasteiger partial charge in [0.05, 0.1) is 24.1 Å². The summed E-state index contributed by atoms with van der Waals surface area (Å²) < 4.78 is 6.56. The molecule has 0 amide bonds. The standard InChI is InChI=1S/C11H19N3O3/c1-4-14-10(9(12)8(3)13-14)11(16)17-6-5-7(2)15/h7,15H,4-6,12H2,1-3H3. The molecule has 1 rings (SSSR count). The first-order valence-electron chi connectivity index (χ1n) is 5.65. The van der Waals surface area contributed by atoms with Crippen molar-refractivity contribution >= 4 is 11.7 Å². The van der Waals surface area contributed by atoms with Crippen molar-refractivity contribution in [1.29, 1.82) is 0 Å². The van der Waals surface area contributed by atoms with Crippen LogP contribution in [0.4, 0.5) is 5.69 Å². The number of hydrogen-bond donors (Lipinski definition) is 2. The van der Waals surface area contributed by atoms with Gasteiger partial charge in [-0.05, 0) is 20.8 Å². The lowest BCUT2D eigenvalue weighted by molar-refractivity contribution is 0.0432. The number of carbonyl (C=O) groups excluding carboxylic acids is 1. The summed E-state index contributed by atoms with van der Waals surface area (Å²) in [4.78, 5) is 11.8. The van der Waals surface area contributed by atoms with Gasteiger partial charge in [-0.25, -0.2) is 4.79 Å². The lowest BCUT2D eigenvalue weighted by atomic mass is 10.3. The number of aryl methyl sites for hydroxylation is 2. The SMILES string of the molecule is CCn1nc(C)c(N)c1C(=O)OCCC(C)O. The van der Waals surface area contributed by atoms with Gasteiger partial charge in [-0.2, -0.15) is 5.10 Å². The third-order valence-electron chi connectivity index (χ3n) is 2.44. The zero-order valence-corrected chi connectivity index (χ0v) is 10.4. The number of esters is 1. The van der Waals surface area contributed by atoms with Crippen LogP contribution in [0.3, 0.4) is 0 Å². The maximum absolute atomic E-state index is 11.8. The van der Waals surface area contributed by atoms with Gasteiger partial charge in [0.1, 0.15) is 0 Å². The minimum Gasteiger partial charge on any atom is -0.461 e. The number of aromatic nitrogens is 2. The second-order valence-electron chi connectivity index (χ2n) is 3.94. The van der Waals surface area contributed by atoms with Crippen molar-refractivity contribution < 1.29 is 14.6 Å². The molecule has 1 heterocycles. The van der Waals surface area contributed by atoms with Crippen LogP contribution in [0, 0.1) is 6.92 Å². The minimum absolute atomic E-state index is 0.171. The maximum Gasteiger partial charge on any atom is 0.358 e. The molecule has 0 saturated carbocycles. The molecule has 1 unspecified atom stereocenters. The van der Waals surface area contributed by atoms with E-state index in [-0.39, 0.29) is 12.3 Å². The van der Waals surface area contributed by atoms with Gasteiger partial charge in [-0.1, -0.05) is 0 Å². The summed E-state index contributed by atoms with van der Waals surface area (Å²) >= 11 is 0. The number of aliphatic hydroxyl groups is 1. The van der Waals surface area contributed by atoms with E-state index in [1.54, 1.807) is 13.8 Å². The normalized spacial score (nSPS) is 12.5. The molecule has 0 spiro atoms. The fourth-order valence-electron chi connectivity index (χ4n) is 1.43. The highest BCUT2D eigenvalue weighted by atomic mass is 16.5.